The summed E-state index contributed by atoms with van der Waals surface area (Å²) in [6, 6.07) is 1.82. The summed E-state index contributed by atoms with van der Waals surface area (Å²) in [5.41, 5.74) is 1.34. The average Bonchev–Trinajstić information content (AvgIpc) is 3.03. The highest BCUT2D eigenvalue weighted by Gasteiger charge is 2.24. The van der Waals surface area contributed by atoms with E-state index in [0.717, 1.165) is 11.4 Å². The predicted octanol–water partition coefficient (Wildman–Crippen LogP) is 4.39. The highest BCUT2D eigenvalue weighted by Crippen LogP contribution is 2.26. The van der Waals surface area contributed by atoms with Crippen LogP contribution in [0, 0.1) is 0 Å². The second-order valence-corrected chi connectivity index (χ2v) is 7.51. The van der Waals surface area contributed by atoms with Crippen LogP contribution >= 0.6 is 11.8 Å². The van der Waals surface area contributed by atoms with Crippen LogP contribution in [-0.4, -0.2) is 49.4 Å². The monoisotopic (exact) mass is 387 g/mol. The number of amides is 1. The first-order chi connectivity index (χ1) is 12.7. The Hall–Kier alpha value is -2.61. The van der Waals surface area contributed by atoms with Crippen molar-refractivity contribution in [3.8, 4) is 11.4 Å². The summed E-state index contributed by atoms with van der Waals surface area (Å²) in [4.78, 5) is 26.9. The van der Waals surface area contributed by atoms with Crippen molar-refractivity contribution >= 4 is 29.8 Å². The summed E-state index contributed by atoms with van der Waals surface area (Å²) in [5.74, 6) is 0.528. The molecule has 27 heavy (non-hydrogen) atoms. The largest absolute Gasteiger partial charge is 0.443 e. The van der Waals surface area contributed by atoms with E-state index in [1.165, 1.54) is 16.7 Å². The third kappa shape index (κ3) is 4.97. The molecule has 144 valence electrons. The highest BCUT2D eigenvalue weighted by atomic mass is 32.2. The first kappa shape index (κ1) is 20.7. The van der Waals surface area contributed by atoms with Crippen LogP contribution in [-0.2, 0) is 4.74 Å². The molecule has 0 aliphatic rings. The van der Waals surface area contributed by atoms with E-state index in [0.29, 0.717) is 16.7 Å². The summed E-state index contributed by atoms with van der Waals surface area (Å²) in [5, 5.41) is 0.673. The van der Waals surface area contributed by atoms with Gasteiger partial charge in [-0.05, 0) is 40.0 Å². The van der Waals surface area contributed by atoms with E-state index in [1.54, 1.807) is 19.4 Å². The Morgan fingerprint density at radius 3 is 2.67 bits per heavy atom. The van der Waals surface area contributed by atoms with Crippen molar-refractivity contribution in [1.82, 2.24) is 24.4 Å². The Kier molecular flexibility index (Phi) is 6.43. The molecule has 0 aliphatic carbocycles. The van der Waals surface area contributed by atoms with E-state index < -0.39 is 11.7 Å². The lowest BCUT2D eigenvalue weighted by atomic mass is 10.2. The van der Waals surface area contributed by atoms with Crippen LogP contribution in [0.3, 0.4) is 0 Å². The minimum Gasteiger partial charge on any atom is -0.443 e. The van der Waals surface area contributed by atoms with E-state index in [1.807, 2.05) is 56.9 Å². The van der Waals surface area contributed by atoms with Crippen LogP contribution in [0.15, 0.2) is 36.3 Å². The van der Waals surface area contributed by atoms with Gasteiger partial charge in [0.15, 0.2) is 11.0 Å². The van der Waals surface area contributed by atoms with Gasteiger partial charge >= 0.3 is 6.09 Å². The standard InChI is InChI=1S/C19H25N5O2S/c1-8-11-24-15(14-9-10-20-17(22-14)27-7)12-21-16(24)13(2)23(6)18(25)26-19(3,4)5/h8-12H,2H2,1,3-7H3/b11-8-. The number of rotatable bonds is 5. The molecule has 0 saturated carbocycles. The smallest absolute Gasteiger partial charge is 0.414 e. The van der Waals surface area contributed by atoms with E-state index >= 15 is 0 Å². The maximum Gasteiger partial charge on any atom is 0.414 e. The summed E-state index contributed by atoms with van der Waals surface area (Å²) >= 11 is 1.47. The number of carbonyl (C=O) groups excluding carboxylic acids is 1. The second-order valence-electron chi connectivity index (χ2n) is 6.73. The van der Waals surface area contributed by atoms with Crippen LogP contribution in [0.5, 0.6) is 0 Å². The number of nitrogens with zero attached hydrogens (tertiary/aromatic N) is 5. The van der Waals surface area contributed by atoms with Crippen molar-refractivity contribution in [1.29, 1.82) is 0 Å². The van der Waals surface area contributed by atoms with E-state index in [9.17, 15) is 4.79 Å². The fourth-order valence-electron chi connectivity index (χ4n) is 2.24. The van der Waals surface area contributed by atoms with Gasteiger partial charge in [0.25, 0.3) is 0 Å². The SMILES string of the molecule is C=C(c1ncc(-c2ccnc(SC)n2)n1/C=C\C)N(C)C(=O)OC(C)(C)C. The third-order valence-electron chi connectivity index (χ3n) is 3.50. The third-order valence-corrected chi connectivity index (χ3v) is 4.07. The summed E-state index contributed by atoms with van der Waals surface area (Å²) in [7, 11) is 1.61. The van der Waals surface area contributed by atoms with Crippen molar-refractivity contribution < 1.29 is 9.53 Å². The van der Waals surface area contributed by atoms with Crippen LogP contribution < -0.4 is 0 Å². The molecule has 2 aromatic rings. The number of thioether (sulfide) groups is 1. The topological polar surface area (TPSA) is 73.1 Å². The number of hydrogen-bond acceptors (Lipinski definition) is 6. The summed E-state index contributed by atoms with van der Waals surface area (Å²) in [6.07, 6.45) is 8.58. The zero-order valence-electron chi connectivity index (χ0n) is 16.6. The predicted molar refractivity (Wildman–Crippen MR) is 109 cm³/mol. The van der Waals surface area contributed by atoms with Crippen molar-refractivity contribution in [2.24, 2.45) is 0 Å². The number of ether oxygens (including phenoxy) is 1. The van der Waals surface area contributed by atoms with Crippen LogP contribution in [0.4, 0.5) is 4.79 Å². The molecule has 0 aromatic carbocycles. The molecule has 0 radical (unpaired) electrons. The van der Waals surface area contributed by atoms with E-state index in [4.69, 9.17) is 4.74 Å². The van der Waals surface area contributed by atoms with Gasteiger partial charge in [-0.25, -0.2) is 19.7 Å². The van der Waals surface area contributed by atoms with Crippen LogP contribution in [0.25, 0.3) is 23.3 Å². The molecule has 2 heterocycles. The lowest BCUT2D eigenvalue weighted by Gasteiger charge is -2.25. The Morgan fingerprint density at radius 1 is 1.37 bits per heavy atom. The Morgan fingerprint density at radius 2 is 2.07 bits per heavy atom. The molecule has 2 rings (SSSR count). The van der Waals surface area contributed by atoms with Gasteiger partial charge in [-0.15, -0.1) is 0 Å². The fraction of sp³-hybridized carbons (Fsp3) is 0.368. The molecule has 0 bridgehead atoms. The van der Waals surface area contributed by atoms with E-state index in [2.05, 4.69) is 21.5 Å². The van der Waals surface area contributed by atoms with Crippen molar-refractivity contribution in [2.45, 2.75) is 38.5 Å². The van der Waals surface area contributed by atoms with Crippen LogP contribution in [0.1, 0.15) is 33.5 Å². The minimum atomic E-state index is -0.593. The molecule has 0 N–H and O–H groups in total. The molecule has 0 saturated heterocycles. The average molecular weight is 388 g/mol. The lowest BCUT2D eigenvalue weighted by Crippen LogP contribution is -2.33. The van der Waals surface area contributed by atoms with Crippen LogP contribution in [0.2, 0.25) is 0 Å². The Labute approximate surface area is 164 Å². The molecular formula is C19H25N5O2S. The Bertz CT molecular complexity index is 867. The number of imidazole rings is 1. The molecule has 0 spiro atoms. The van der Waals surface area contributed by atoms with Crippen molar-refractivity contribution in [2.75, 3.05) is 13.3 Å². The molecule has 2 aromatic heterocycles. The molecular weight excluding hydrogens is 362 g/mol. The summed E-state index contributed by atoms with van der Waals surface area (Å²) in [6.45, 7) is 11.4. The normalized spacial score (nSPS) is 11.6. The van der Waals surface area contributed by atoms with Gasteiger partial charge in [0.05, 0.1) is 23.3 Å². The molecule has 1 amide bonds. The number of carbonyl (C=O) groups is 1. The zero-order valence-corrected chi connectivity index (χ0v) is 17.4. The maximum absolute atomic E-state index is 12.4. The number of aromatic nitrogens is 4. The maximum atomic E-state index is 12.4. The number of allylic oxidation sites excluding steroid dienone is 1. The lowest BCUT2D eigenvalue weighted by molar-refractivity contribution is 0.0387. The highest BCUT2D eigenvalue weighted by molar-refractivity contribution is 7.98. The van der Waals surface area contributed by atoms with Gasteiger partial charge < -0.3 is 4.74 Å². The van der Waals surface area contributed by atoms with Gasteiger partial charge in [-0.1, -0.05) is 24.4 Å². The minimum absolute atomic E-state index is 0.424. The molecule has 0 aliphatic heterocycles. The quantitative estimate of drug-likeness (QED) is 0.560. The van der Waals surface area contributed by atoms with Crippen molar-refractivity contribution in [3.05, 3.63) is 36.9 Å². The van der Waals surface area contributed by atoms with Gasteiger partial charge in [0, 0.05) is 19.4 Å². The second kappa shape index (κ2) is 8.39. The fourth-order valence-corrected chi connectivity index (χ4v) is 2.59. The number of hydrogen-bond donors (Lipinski definition) is 0. The zero-order chi connectivity index (χ0) is 20.2. The molecule has 0 unspecified atom stereocenters. The first-order valence-electron chi connectivity index (χ1n) is 8.41. The van der Waals surface area contributed by atoms with Gasteiger partial charge in [0.2, 0.25) is 0 Å². The molecule has 7 nitrogen and oxygen atoms in total. The van der Waals surface area contributed by atoms with Crippen molar-refractivity contribution in [3.63, 3.8) is 0 Å². The Balaban J connectivity index is 2.41. The van der Waals surface area contributed by atoms with Gasteiger partial charge in [0.1, 0.15) is 5.60 Å². The van der Waals surface area contributed by atoms with Gasteiger partial charge in [-0.3, -0.25) is 9.47 Å². The van der Waals surface area contributed by atoms with E-state index in [-0.39, 0.29) is 0 Å². The molecule has 0 fully saturated rings. The van der Waals surface area contributed by atoms with Gasteiger partial charge in [-0.2, -0.15) is 0 Å². The molecule has 0 atom stereocenters. The molecule has 8 heteroatoms. The first-order valence-corrected chi connectivity index (χ1v) is 9.64. The summed E-state index contributed by atoms with van der Waals surface area (Å²) < 4.78 is 7.25.